The Morgan fingerprint density at radius 3 is 2.64 bits per heavy atom. The smallest absolute Gasteiger partial charge is 0.389 e. The van der Waals surface area contributed by atoms with E-state index in [1.807, 2.05) is 0 Å². The second kappa shape index (κ2) is 7.00. The molecule has 0 saturated heterocycles. The van der Waals surface area contributed by atoms with Crippen LogP contribution in [0.25, 0.3) is 0 Å². The topological polar surface area (TPSA) is 52.1 Å². The van der Waals surface area contributed by atoms with E-state index < -0.39 is 12.6 Å². The summed E-state index contributed by atoms with van der Waals surface area (Å²) in [4.78, 5) is 20.0. The van der Waals surface area contributed by atoms with E-state index in [0.717, 1.165) is 0 Å². The van der Waals surface area contributed by atoms with Gasteiger partial charge in [-0.05, 0) is 24.8 Å². The lowest BCUT2D eigenvalue weighted by molar-refractivity contribution is -0.135. The third-order valence-electron chi connectivity index (χ3n) is 4.02. The number of hydrogen-bond donors (Lipinski definition) is 0. The number of benzene rings is 1. The molecule has 1 aliphatic carbocycles. The van der Waals surface area contributed by atoms with Crippen molar-refractivity contribution in [1.82, 2.24) is 9.97 Å². The Bertz CT molecular complexity index is 778. The minimum absolute atomic E-state index is 0.0351. The van der Waals surface area contributed by atoms with Gasteiger partial charge < -0.3 is 4.74 Å². The lowest BCUT2D eigenvalue weighted by Gasteiger charge is -2.15. The van der Waals surface area contributed by atoms with Crippen molar-refractivity contribution >= 4 is 17.4 Å². The minimum Gasteiger partial charge on any atom is -0.424 e. The predicted molar refractivity (Wildman–Crippen MR) is 85.2 cm³/mol. The van der Waals surface area contributed by atoms with Crippen LogP contribution in [0.3, 0.4) is 0 Å². The van der Waals surface area contributed by atoms with Crippen LogP contribution >= 0.6 is 11.6 Å². The van der Waals surface area contributed by atoms with Crippen LogP contribution in [0.2, 0.25) is 5.02 Å². The molecule has 132 valence electrons. The molecule has 0 N–H and O–H groups in total. The fourth-order valence-corrected chi connectivity index (χ4v) is 3.08. The van der Waals surface area contributed by atoms with E-state index in [1.54, 1.807) is 18.2 Å². The van der Waals surface area contributed by atoms with Crippen LogP contribution in [0.1, 0.15) is 47.5 Å². The zero-order chi connectivity index (χ0) is 18.0. The Kier molecular flexibility index (Phi) is 4.94. The third-order valence-corrected chi connectivity index (χ3v) is 4.21. The Morgan fingerprint density at radius 2 is 1.96 bits per heavy atom. The number of rotatable bonds is 5. The van der Waals surface area contributed by atoms with Gasteiger partial charge in [0.25, 0.3) is 0 Å². The molecule has 1 aliphatic rings. The van der Waals surface area contributed by atoms with Gasteiger partial charge in [-0.25, -0.2) is 9.97 Å². The normalized spacial score (nSPS) is 16.8. The number of Topliss-reactive ketones (excluding diaryl/α,β-unsaturated/α-hetero) is 1. The van der Waals surface area contributed by atoms with E-state index in [4.69, 9.17) is 16.3 Å². The lowest BCUT2D eigenvalue weighted by Crippen LogP contribution is -2.08. The molecule has 1 atom stereocenters. The molecule has 3 rings (SSSR count). The quantitative estimate of drug-likeness (QED) is 0.714. The number of ketones is 1. The Hall–Kier alpha value is -2.15. The monoisotopic (exact) mass is 370 g/mol. The van der Waals surface area contributed by atoms with Crippen LogP contribution in [0.15, 0.2) is 30.6 Å². The van der Waals surface area contributed by atoms with Crippen molar-refractivity contribution in [2.45, 2.75) is 37.8 Å². The van der Waals surface area contributed by atoms with Crippen LogP contribution in [0.4, 0.5) is 13.2 Å². The minimum atomic E-state index is -4.20. The highest BCUT2D eigenvalue weighted by molar-refractivity contribution is 6.30. The highest BCUT2D eigenvalue weighted by Gasteiger charge is 2.34. The van der Waals surface area contributed by atoms with Gasteiger partial charge in [-0.15, -0.1) is 0 Å². The number of fused-ring (bicyclic) bond motifs is 1. The Morgan fingerprint density at radius 1 is 1.24 bits per heavy atom. The lowest BCUT2D eigenvalue weighted by atomic mass is 9.94. The molecule has 8 heteroatoms. The zero-order valence-corrected chi connectivity index (χ0v) is 13.8. The Balaban J connectivity index is 1.82. The number of nitrogens with zero attached hydrogens (tertiary/aromatic N) is 2. The fraction of sp³-hybridized carbons (Fsp3) is 0.353. The molecule has 25 heavy (non-hydrogen) atoms. The summed E-state index contributed by atoms with van der Waals surface area (Å²) in [6, 6.07) is 5.05. The van der Waals surface area contributed by atoms with Gasteiger partial charge in [0.15, 0.2) is 5.78 Å². The van der Waals surface area contributed by atoms with Crippen LogP contribution in [-0.2, 0) is 0 Å². The maximum absolute atomic E-state index is 12.4. The molecule has 4 nitrogen and oxygen atoms in total. The molecular weight excluding hydrogens is 357 g/mol. The van der Waals surface area contributed by atoms with E-state index in [1.165, 1.54) is 12.4 Å². The van der Waals surface area contributed by atoms with E-state index in [-0.39, 0.29) is 37.0 Å². The standard InChI is InChI=1S/C17H14ClF3N2O2/c18-11-8-22-16(23-9-11)25-14-5-1-4-12-13(24)7-10(15(12)14)3-2-6-17(19,20)21/h1,4-5,8-10H,2-3,6-7H2. The van der Waals surface area contributed by atoms with E-state index in [2.05, 4.69) is 9.97 Å². The van der Waals surface area contributed by atoms with Gasteiger partial charge in [0, 0.05) is 24.0 Å². The molecule has 1 aromatic heterocycles. The van der Waals surface area contributed by atoms with Gasteiger partial charge in [-0.3, -0.25) is 4.79 Å². The third kappa shape index (κ3) is 4.28. The van der Waals surface area contributed by atoms with Crippen molar-refractivity contribution in [3.05, 3.63) is 46.7 Å². The van der Waals surface area contributed by atoms with E-state index in [0.29, 0.717) is 21.9 Å². The van der Waals surface area contributed by atoms with Crippen LogP contribution in [-0.4, -0.2) is 21.9 Å². The van der Waals surface area contributed by atoms with Crippen molar-refractivity contribution in [2.24, 2.45) is 0 Å². The molecule has 0 fully saturated rings. The summed E-state index contributed by atoms with van der Waals surface area (Å²) in [6.07, 6.45) is -1.89. The van der Waals surface area contributed by atoms with Gasteiger partial charge in [0.05, 0.1) is 17.4 Å². The van der Waals surface area contributed by atoms with Gasteiger partial charge in [-0.2, -0.15) is 13.2 Å². The Labute approximate surface area is 147 Å². The van der Waals surface area contributed by atoms with Gasteiger partial charge in [-0.1, -0.05) is 23.7 Å². The average Bonchev–Trinajstić information content (AvgIpc) is 2.86. The van der Waals surface area contributed by atoms with Crippen molar-refractivity contribution in [2.75, 3.05) is 0 Å². The second-order valence-electron chi connectivity index (χ2n) is 5.83. The number of hydrogen-bond acceptors (Lipinski definition) is 4. The fourth-order valence-electron chi connectivity index (χ4n) is 2.98. The molecule has 1 unspecified atom stereocenters. The van der Waals surface area contributed by atoms with Crippen LogP contribution in [0, 0.1) is 0 Å². The maximum atomic E-state index is 12.4. The number of carbonyl (C=O) groups excluding carboxylic acids is 1. The summed E-state index contributed by atoms with van der Waals surface area (Å²) in [7, 11) is 0. The molecule has 0 aliphatic heterocycles. The largest absolute Gasteiger partial charge is 0.424 e. The summed E-state index contributed by atoms with van der Waals surface area (Å²) in [6.45, 7) is 0. The highest BCUT2D eigenvalue weighted by Crippen LogP contribution is 2.43. The molecular formula is C17H14ClF3N2O2. The van der Waals surface area contributed by atoms with Crippen LogP contribution in [0.5, 0.6) is 11.8 Å². The van der Waals surface area contributed by atoms with Gasteiger partial charge in [0.2, 0.25) is 0 Å². The molecule has 0 amide bonds. The number of ether oxygens (including phenoxy) is 1. The summed E-state index contributed by atoms with van der Waals surface area (Å²) in [5.41, 5.74) is 1.12. The molecule has 0 bridgehead atoms. The van der Waals surface area contributed by atoms with Crippen molar-refractivity contribution in [3.63, 3.8) is 0 Å². The SMILES string of the molecule is O=C1CC(CCCC(F)(F)F)c2c(Oc3ncc(Cl)cn3)cccc21. The van der Waals surface area contributed by atoms with Crippen molar-refractivity contribution in [3.8, 4) is 11.8 Å². The first-order chi connectivity index (χ1) is 11.8. The first-order valence-corrected chi connectivity index (χ1v) is 8.09. The van der Waals surface area contributed by atoms with Crippen molar-refractivity contribution < 1.29 is 22.7 Å². The predicted octanol–water partition coefficient (Wildman–Crippen LogP) is 5.32. The van der Waals surface area contributed by atoms with Gasteiger partial charge >= 0.3 is 12.2 Å². The first-order valence-electron chi connectivity index (χ1n) is 7.72. The first kappa shape index (κ1) is 17.7. The van der Waals surface area contributed by atoms with E-state index >= 15 is 0 Å². The molecule has 1 heterocycles. The molecule has 0 spiro atoms. The zero-order valence-electron chi connectivity index (χ0n) is 13.0. The summed E-state index contributed by atoms with van der Waals surface area (Å²) in [5, 5.41) is 0.353. The summed E-state index contributed by atoms with van der Waals surface area (Å²) < 4.78 is 42.8. The summed E-state index contributed by atoms with van der Waals surface area (Å²) in [5.74, 6) is 0.00511. The summed E-state index contributed by atoms with van der Waals surface area (Å²) >= 11 is 5.73. The molecule has 0 radical (unpaired) electrons. The van der Waals surface area contributed by atoms with E-state index in [9.17, 15) is 18.0 Å². The number of alkyl halides is 3. The number of halogens is 4. The van der Waals surface area contributed by atoms with Crippen molar-refractivity contribution in [1.29, 1.82) is 0 Å². The number of aromatic nitrogens is 2. The maximum Gasteiger partial charge on any atom is 0.389 e. The average molecular weight is 371 g/mol. The molecule has 0 saturated carbocycles. The molecule has 1 aromatic carbocycles. The van der Waals surface area contributed by atoms with Crippen LogP contribution < -0.4 is 4.74 Å². The second-order valence-corrected chi connectivity index (χ2v) is 6.27. The number of carbonyl (C=O) groups is 1. The van der Waals surface area contributed by atoms with Gasteiger partial charge in [0.1, 0.15) is 5.75 Å². The molecule has 2 aromatic rings. The highest BCUT2D eigenvalue weighted by atomic mass is 35.5.